The summed E-state index contributed by atoms with van der Waals surface area (Å²) in [6.07, 6.45) is 6.39. The number of nitrogens with one attached hydrogen (secondary N) is 1. The molecule has 1 aliphatic rings. The molecule has 102 valence electrons. The Labute approximate surface area is 110 Å². The predicted octanol–water partition coefficient (Wildman–Crippen LogP) is 2.25. The summed E-state index contributed by atoms with van der Waals surface area (Å²) in [5.41, 5.74) is 0. The van der Waals surface area contributed by atoms with Gasteiger partial charge in [0.25, 0.3) is 0 Å². The number of aromatic nitrogens is 3. The van der Waals surface area contributed by atoms with E-state index in [2.05, 4.69) is 40.9 Å². The van der Waals surface area contributed by atoms with Crippen LogP contribution in [0.5, 0.6) is 0 Å². The van der Waals surface area contributed by atoms with Crippen LogP contribution in [-0.4, -0.2) is 27.4 Å². The molecule has 18 heavy (non-hydrogen) atoms. The summed E-state index contributed by atoms with van der Waals surface area (Å²) < 4.78 is 2.06. The van der Waals surface area contributed by atoms with Gasteiger partial charge in [-0.05, 0) is 37.6 Å². The van der Waals surface area contributed by atoms with Crippen molar-refractivity contribution in [1.29, 1.82) is 0 Å². The van der Waals surface area contributed by atoms with Crippen molar-refractivity contribution in [3.05, 3.63) is 12.2 Å². The molecular weight excluding hydrogens is 224 g/mol. The Hall–Kier alpha value is -0.900. The lowest BCUT2D eigenvalue weighted by Crippen LogP contribution is -2.35. The molecule has 1 aromatic rings. The van der Waals surface area contributed by atoms with Gasteiger partial charge in [-0.15, -0.1) is 0 Å². The van der Waals surface area contributed by atoms with Crippen LogP contribution >= 0.6 is 0 Å². The van der Waals surface area contributed by atoms with Crippen LogP contribution in [0, 0.1) is 11.8 Å². The monoisotopic (exact) mass is 250 g/mol. The van der Waals surface area contributed by atoms with E-state index in [0.29, 0.717) is 6.04 Å². The molecule has 3 atom stereocenters. The Balaban J connectivity index is 1.96. The van der Waals surface area contributed by atoms with Gasteiger partial charge >= 0.3 is 0 Å². The lowest BCUT2D eigenvalue weighted by molar-refractivity contribution is 0.423. The van der Waals surface area contributed by atoms with Gasteiger partial charge in [0.05, 0.1) is 0 Å². The number of aryl methyl sites for hydroxylation is 1. The molecule has 0 amide bonds. The van der Waals surface area contributed by atoms with Crippen molar-refractivity contribution >= 4 is 0 Å². The molecule has 0 aliphatic heterocycles. The molecule has 1 fully saturated rings. The SMILES string of the molecule is CCCNC(Cc1ncnn1CCC)C1CC1C. The summed E-state index contributed by atoms with van der Waals surface area (Å²) in [6, 6.07) is 0.583. The first-order valence-electron chi connectivity index (χ1n) is 7.36. The third-order valence-electron chi connectivity index (χ3n) is 3.88. The highest BCUT2D eigenvalue weighted by Crippen LogP contribution is 2.41. The molecule has 4 heteroatoms. The first-order valence-corrected chi connectivity index (χ1v) is 7.36. The Morgan fingerprint density at radius 2 is 2.22 bits per heavy atom. The van der Waals surface area contributed by atoms with E-state index in [9.17, 15) is 0 Å². The van der Waals surface area contributed by atoms with E-state index in [-0.39, 0.29) is 0 Å². The molecule has 0 radical (unpaired) electrons. The third kappa shape index (κ3) is 3.31. The van der Waals surface area contributed by atoms with Gasteiger partial charge in [0.15, 0.2) is 0 Å². The Kier molecular flexibility index (Phi) is 4.75. The largest absolute Gasteiger partial charge is 0.313 e. The van der Waals surface area contributed by atoms with Gasteiger partial charge in [0.2, 0.25) is 0 Å². The maximum Gasteiger partial charge on any atom is 0.138 e. The molecule has 3 unspecified atom stereocenters. The Morgan fingerprint density at radius 3 is 2.83 bits per heavy atom. The van der Waals surface area contributed by atoms with Crippen molar-refractivity contribution < 1.29 is 0 Å². The van der Waals surface area contributed by atoms with E-state index in [1.165, 1.54) is 12.8 Å². The van der Waals surface area contributed by atoms with Gasteiger partial charge in [-0.1, -0.05) is 20.8 Å². The summed E-state index contributed by atoms with van der Waals surface area (Å²) in [5.74, 6) is 2.86. The first-order chi connectivity index (χ1) is 8.76. The Bertz CT molecular complexity index is 360. The van der Waals surface area contributed by atoms with Crippen molar-refractivity contribution in [2.75, 3.05) is 6.54 Å². The third-order valence-corrected chi connectivity index (χ3v) is 3.88. The Morgan fingerprint density at radius 1 is 1.44 bits per heavy atom. The van der Waals surface area contributed by atoms with Crippen molar-refractivity contribution in [2.45, 2.75) is 59.0 Å². The van der Waals surface area contributed by atoms with Crippen LogP contribution in [0.15, 0.2) is 6.33 Å². The van der Waals surface area contributed by atoms with E-state index in [4.69, 9.17) is 0 Å². The number of hydrogen-bond donors (Lipinski definition) is 1. The fraction of sp³-hybridized carbons (Fsp3) is 0.857. The molecule has 1 aromatic heterocycles. The van der Waals surface area contributed by atoms with Crippen molar-refractivity contribution in [3.8, 4) is 0 Å². The molecule has 1 N–H and O–H groups in total. The second-order valence-corrected chi connectivity index (χ2v) is 5.54. The minimum atomic E-state index is 0.583. The standard InChI is InChI=1S/C14H26N4/c1-4-6-15-13(12-8-11(12)3)9-14-16-10-17-18(14)7-5-2/h10-13,15H,4-9H2,1-3H3. The van der Waals surface area contributed by atoms with Crippen molar-refractivity contribution in [3.63, 3.8) is 0 Å². The summed E-state index contributed by atoms with van der Waals surface area (Å²) in [7, 11) is 0. The van der Waals surface area contributed by atoms with E-state index < -0.39 is 0 Å². The van der Waals surface area contributed by atoms with Crippen molar-refractivity contribution in [1.82, 2.24) is 20.1 Å². The number of hydrogen-bond acceptors (Lipinski definition) is 3. The normalized spacial score (nSPS) is 24.2. The zero-order valence-corrected chi connectivity index (χ0v) is 11.9. The molecule has 1 heterocycles. The minimum Gasteiger partial charge on any atom is -0.313 e. The lowest BCUT2D eigenvalue weighted by Gasteiger charge is -2.18. The van der Waals surface area contributed by atoms with Crippen LogP contribution in [0.2, 0.25) is 0 Å². The average Bonchev–Trinajstić information content (AvgIpc) is 2.92. The molecule has 4 nitrogen and oxygen atoms in total. The van der Waals surface area contributed by atoms with E-state index in [1.807, 2.05) is 0 Å². The zero-order valence-electron chi connectivity index (χ0n) is 11.9. The first kappa shape index (κ1) is 13.5. The van der Waals surface area contributed by atoms with Crippen LogP contribution < -0.4 is 5.32 Å². The number of rotatable bonds is 8. The molecule has 0 spiro atoms. The quantitative estimate of drug-likeness (QED) is 0.769. The van der Waals surface area contributed by atoms with Crippen LogP contribution in [0.4, 0.5) is 0 Å². The topological polar surface area (TPSA) is 42.7 Å². The van der Waals surface area contributed by atoms with Crippen LogP contribution in [-0.2, 0) is 13.0 Å². The van der Waals surface area contributed by atoms with Gasteiger partial charge in [-0.25, -0.2) is 4.98 Å². The van der Waals surface area contributed by atoms with E-state index >= 15 is 0 Å². The van der Waals surface area contributed by atoms with Crippen LogP contribution in [0.25, 0.3) is 0 Å². The van der Waals surface area contributed by atoms with Gasteiger partial charge in [-0.2, -0.15) is 5.10 Å². The second-order valence-electron chi connectivity index (χ2n) is 5.54. The number of nitrogens with zero attached hydrogens (tertiary/aromatic N) is 3. The fourth-order valence-corrected chi connectivity index (χ4v) is 2.66. The zero-order chi connectivity index (χ0) is 13.0. The maximum absolute atomic E-state index is 4.43. The van der Waals surface area contributed by atoms with Crippen LogP contribution in [0.3, 0.4) is 0 Å². The fourth-order valence-electron chi connectivity index (χ4n) is 2.66. The molecule has 0 saturated heterocycles. The predicted molar refractivity (Wildman–Crippen MR) is 73.4 cm³/mol. The van der Waals surface area contributed by atoms with Crippen molar-refractivity contribution in [2.24, 2.45) is 11.8 Å². The van der Waals surface area contributed by atoms with Gasteiger partial charge in [-0.3, -0.25) is 4.68 Å². The second kappa shape index (κ2) is 6.32. The van der Waals surface area contributed by atoms with E-state index in [0.717, 1.165) is 43.6 Å². The minimum absolute atomic E-state index is 0.583. The highest BCUT2D eigenvalue weighted by atomic mass is 15.3. The summed E-state index contributed by atoms with van der Waals surface area (Å²) >= 11 is 0. The highest BCUT2D eigenvalue weighted by Gasteiger charge is 2.39. The highest BCUT2D eigenvalue weighted by molar-refractivity contribution is 4.99. The van der Waals surface area contributed by atoms with Crippen LogP contribution in [0.1, 0.15) is 45.9 Å². The summed E-state index contributed by atoms with van der Waals surface area (Å²) in [5, 5.41) is 8.00. The summed E-state index contributed by atoms with van der Waals surface area (Å²) in [4.78, 5) is 4.43. The maximum atomic E-state index is 4.43. The average molecular weight is 250 g/mol. The smallest absolute Gasteiger partial charge is 0.138 e. The molecule has 1 saturated carbocycles. The lowest BCUT2D eigenvalue weighted by atomic mass is 10.1. The van der Waals surface area contributed by atoms with Gasteiger partial charge < -0.3 is 5.32 Å². The van der Waals surface area contributed by atoms with E-state index in [1.54, 1.807) is 6.33 Å². The molecule has 1 aliphatic carbocycles. The molecule has 0 bridgehead atoms. The molecule has 0 aromatic carbocycles. The van der Waals surface area contributed by atoms with Gasteiger partial charge in [0.1, 0.15) is 12.2 Å². The summed E-state index contributed by atoms with van der Waals surface area (Å²) in [6.45, 7) is 8.84. The molecule has 2 rings (SSSR count). The van der Waals surface area contributed by atoms with Gasteiger partial charge in [0, 0.05) is 19.0 Å². The molecular formula is C14H26N4.